The topological polar surface area (TPSA) is 263 Å². The number of ether oxygens (including phenoxy) is 2. The summed E-state index contributed by atoms with van der Waals surface area (Å²) < 4.78 is 100. The number of hydrogen-bond donors (Lipinski definition) is 5. The van der Waals surface area contributed by atoms with E-state index in [-0.39, 0.29) is 61.4 Å². The first kappa shape index (κ1) is 36.0. The number of nitrogens with zero attached hydrogens (tertiary/aromatic N) is 4. The molecule has 0 amide bonds. The summed E-state index contributed by atoms with van der Waals surface area (Å²) in [7, 11) is -10.5. The number of rotatable bonds is 12. The lowest BCUT2D eigenvalue weighted by atomic mass is 10.1. The quantitative estimate of drug-likeness (QED) is 0.0868. The molecule has 48 heavy (non-hydrogen) atoms. The SMILES string of the molecule is CCS(=O)(=O)c1cc(O)c(/N=N/c2ccc3c(/N=N/c4cc(OC)c(S(=O)(=O)O)cc4OC)c(NCS(=O)(=O)O)ccc3c2O)cc1C. The highest BCUT2D eigenvalue weighted by molar-refractivity contribution is 7.91. The van der Waals surface area contributed by atoms with Crippen LogP contribution in [0.4, 0.5) is 28.4 Å². The lowest BCUT2D eigenvalue weighted by molar-refractivity contribution is 0.388. The Morgan fingerprint density at radius 3 is 1.96 bits per heavy atom. The lowest BCUT2D eigenvalue weighted by Crippen LogP contribution is -2.13. The molecule has 0 bridgehead atoms. The second kappa shape index (κ2) is 13.7. The summed E-state index contributed by atoms with van der Waals surface area (Å²) >= 11 is 0. The van der Waals surface area contributed by atoms with Crippen LogP contribution in [-0.4, -0.2) is 70.4 Å². The van der Waals surface area contributed by atoms with Crippen LogP contribution in [-0.2, 0) is 30.1 Å². The molecule has 0 spiro atoms. The number of aryl methyl sites for hydroxylation is 1. The van der Waals surface area contributed by atoms with Crippen molar-refractivity contribution in [3.63, 3.8) is 0 Å². The molecular formula is C28H29N5O12S3. The van der Waals surface area contributed by atoms with Crippen LogP contribution in [0, 0.1) is 6.92 Å². The van der Waals surface area contributed by atoms with Crippen molar-refractivity contribution in [2.75, 3.05) is 31.2 Å². The van der Waals surface area contributed by atoms with Gasteiger partial charge < -0.3 is 25.0 Å². The molecule has 0 aliphatic rings. The van der Waals surface area contributed by atoms with E-state index in [1.165, 1.54) is 51.3 Å². The summed E-state index contributed by atoms with van der Waals surface area (Å²) in [5, 5.41) is 40.7. The van der Waals surface area contributed by atoms with Gasteiger partial charge in [0.2, 0.25) is 0 Å². The Hall–Kier alpha value is -4.89. The Balaban J connectivity index is 1.84. The number of hydrogen-bond acceptors (Lipinski definition) is 15. The maximum Gasteiger partial charge on any atom is 0.298 e. The number of methoxy groups -OCH3 is 2. The molecule has 0 saturated heterocycles. The van der Waals surface area contributed by atoms with Crippen molar-refractivity contribution in [2.45, 2.75) is 23.6 Å². The zero-order valence-electron chi connectivity index (χ0n) is 25.6. The maximum absolute atomic E-state index is 12.3. The highest BCUT2D eigenvalue weighted by atomic mass is 32.2. The predicted octanol–water partition coefficient (Wildman–Crippen LogP) is 5.70. The predicted molar refractivity (Wildman–Crippen MR) is 174 cm³/mol. The van der Waals surface area contributed by atoms with Gasteiger partial charge in [0, 0.05) is 29.0 Å². The van der Waals surface area contributed by atoms with E-state index in [2.05, 4.69) is 25.8 Å². The molecule has 0 saturated carbocycles. The van der Waals surface area contributed by atoms with Crippen molar-refractivity contribution >= 4 is 69.3 Å². The molecule has 0 aliphatic carbocycles. The summed E-state index contributed by atoms with van der Waals surface area (Å²) in [5.41, 5.74) is 0.121. The number of sulfone groups is 1. The molecule has 4 rings (SSSR count). The van der Waals surface area contributed by atoms with E-state index in [1.54, 1.807) is 0 Å². The molecule has 0 radical (unpaired) electrons. The summed E-state index contributed by atoms with van der Waals surface area (Å²) in [6.07, 6.45) is 0. The van der Waals surface area contributed by atoms with Crippen LogP contribution in [0.3, 0.4) is 0 Å². The monoisotopic (exact) mass is 723 g/mol. The van der Waals surface area contributed by atoms with Crippen LogP contribution in [0.15, 0.2) is 78.8 Å². The fraction of sp³-hybridized carbons (Fsp3) is 0.214. The van der Waals surface area contributed by atoms with E-state index in [0.29, 0.717) is 5.56 Å². The number of azo groups is 2. The zero-order chi connectivity index (χ0) is 35.6. The molecule has 0 fully saturated rings. The molecule has 0 aliphatic heterocycles. The number of aromatic hydroxyl groups is 2. The van der Waals surface area contributed by atoms with Gasteiger partial charge in [-0.05, 0) is 42.8 Å². The van der Waals surface area contributed by atoms with Gasteiger partial charge in [0.25, 0.3) is 20.2 Å². The van der Waals surface area contributed by atoms with Gasteiger partial charge in [-0.2, -0.15) is 16.8 Å². The zero-order valence-corrected chi connectivity index (χ0v) is 28.1. The van der Waals surface area contributed by atoms with Crippen LogP contribution in [0.25, 0.3) is 10.8 Å². The Bertz CT molecular complexity index is 2310. The number of phenols is 2. The first-order chi connectivity index (χ1) is 22.4. The molecule has 4 aromatic rings. The second-order valence-electron chi connectivity index (χ2n) is 9.95. The summed E-state index contributed by atoms with van der Waals surface area (Å²) in [6.45, 7) is 3.01. The largest absolute Gasteiger partial charge is 0.506 e. The Morgan fingerprint density at radius 2 is 1.35 bits per heavy atom. The molecule has 0 unspecified atom stereocenters. The smallest absolute Gasteiger partial charge is 0.298 e. The molecule has 17 nitrogen and oxygen atoms in total. The van der Waals surface area contributed by atoms with Crippen LogP contribution in [0.5, 0.6) is 23.0 Å². The first-order valence-corrected chi connectivity index (χ1v) is 18.2. The molecule has 256 valence electrons. The third kappa shape index (κ3) is 7.80. The highest BCUT2D eigenvalue weighted by Crippen LogP contribution is 2.45. The van der Waals surface area contributed by atoms with Crippen molar-refractivity contribution in [1.29, 1.82) is 0 Å². The van der Waals surface area contributed by atoms with Gasteiger partial charge in [-0.1, -0.05) is 6.92 Å². The standard InChI is InChI=1S/C28H29N5O12S3/c1-5-46(36,37)25-12-22(34)20(10-15(25)2)31-30-19-9-6-16-17(28(19)35)7-8-18(29-14-47(38,39)40)27(16)33-32-21-11-24(45-4)26(48(41,42)43)13-23(21)44-3/h6-13,29,34-35H,5,14H2,1-4H3,(H,38,39,40)(H,41,42,43)/b31-30+,33-32+. The van der Waals surface area contributed by atoms with E-state index < -0.39 is 52.3 Å². The van der Waals surface area contributed by atoms with Crippen LogP contribution >= 0.6 is 0 Å². The van der Waals surface area contributed by atoms with Gasteiger partial charge in [-0.3, -0.25) is 9.11 Å². The van der Waals surface area contributed by atoms with Gasteiger partial charge >= 0.3 is 0 Å². The molecule has 20 heteroatoms. The lowest BCUT2D eigenvalue weighted by Gasteiger charge is -2.13. The van der Waals surface area contributed by atoms with E-state index in [1.807, 2.05) is 0 Å². The van der Waals surface area contributed by atoms with Crippen LogP contribution in [0.2, 0.25) is 0 Å². The number of fused-ring (bicyclic) bond motifs is 1. The van der Waals surface area contributed by atoms with Gasteiger partial charge in [0.05, 0.1) is 30.6 Å². The molecule has 5 N–H and O–H groups in total. The second-order valence-corrected chi connectivity index (χ2v) is 15.0. The highest BCUT2D eigenvalue weighted by Gasteiger charge is 2.22. The first-order valence-electron chi connectivity index (χ1n) is 13.5. The molecular weight excluding hydrogens is 695 g/mol. The molecule has 4 aromatic carbocycles. The van der Waals surface area contributed by atoms with E-state index in [4.69, 9.17) is 9.47 Å². The van der Waals surface area contributed by atoms with Gasteiger partial charge in [-0.15, -0.1) is 20.5 Å². The number of phenolic OH excluding ortho intramolecular Hbond substituents is 2. The van der Waals surface area contributed by atoms with E-state index in [9.17, 15) is 44.6 Å². The minimum atomic E-state index is -4.71. The van der Waals surface area contributed by atoms with Gasteiger partial charge in [0.15, 0.2) is 15.6 Å². The van der Waals surface area contributed by atoms with Crippen molar-refractivity contribution in [3.05, 3.63) is 54.1 Å². The van der Waals surface area contributed by atoms with Crippen molar-refractivity contribution < 1.29 is 54.0 Å². The van der Waals surface area contributed by atoms with E-state index in [0.717, 1.165) is 25.3 Å². The fourth-order valence-corrected chi connectivity index (χ4v) is 6.58. The molecule has 0 heterocycles. The van der Waals surface area contributed by atoms with E-state index >= 15 is 0 Å². The van der Waals surface area contributed by atoms with Crippen molar-refractivity contribution in [1.82, 2.24) is 0 Å². The van der Waals surface area contributed by atoms with Crippen LogP contribution in [0.1, 0.15) is 12.5 Å². The Labute approximate surface area is 275 Å². The Kier molecular flexibility index (Phi) is 10.3. The minimum absolute atomic E-state index is 0.0423. The summed E-state index contributed by atoms with van der Waals surface area (Å²) in [6, 6.07) is 9.99. The van der Waals surface area contributed by atoms with Gasteiger partial charge in [-0.25, -0.2) is 8.42 Å². The average molecular weight is 724 g/mol. The third-order valence-corrected chi connectivity index (χ3v) is 10.1. The molecule has 0 atom stereocenters. The maximum atomic E-state index is 12.3. The fourth-order valence-electron chi connectivity index (χ4n) is 4.44. The summed E-state index contributed by atoms with van der Waals surface area (Å²) in [5.74, 6) is -2.37. The number of benzene rings is 4. The molecule has 0 aromatic heterocycles. The minimum Gasteiger partial charge on any atom is -0.506 e. The van der Waals surface area contributed by atoms with Crippen molar-refractivity contribution in [2.24, 2.45) is 20.5 Å². The Morgan fingerprint density at radius 1 is 0.729 bits per heavy atom. The normalized spacial score (nSPS) is 12.6. The number of anilines is 1. The number of nitrogens with one attached hydrogen (secondary N) is 1. The third-order valence-electron chi connectivity index (χ3n) is 6.82. The van der Waals surface area contributed by atoms with Crippen LogP contribution < -0.4 is 14.8 Å². The van der Waals surface area contributed by atoms with Crippen molar-refractivity contribution in [3.8, 4) is 23.0 Å². The van der Waals surface area contributed by atoms with Gasteiger partial charge in [0.1, 0.15) is 50.8 Å². The summed E-state index contributed by atoms with van der Waals surface area (Å²) in [4.78, 5) is -0.654. The average Bonchev–Trinajstić information content (AvgIpc) is 3.02.